The molecule has 104 valence electrons. The fourth-order valence-electron chi connectivity index (χ4n) is 3.04. The zero-order valence-electron chi connectivity index (χ0n) is 11.6. The molecule has 0 aliphatic carbocycles. The first-order chi connectivity index (χ1) is 8.70. The second kappa shape index (κ2) is 6.53. The number of piperidine rings is 1. The summed E-state index contributed by atoms with van der Waals surface area (Å²) in [5.74, 6) is 1.32. The molecule has 2 aliphatic heterocycles. The van der Waals surface area contributed by atoms with Crippen LogP contribution in [0.5, 0.6) is 0 Å². The smallest absolute Gasteiger partial charge is 0.237 e. The summed E-state index contributed by atoms with van der Waals surface area (Å²) in [7, 11) is 0. The van der Waals surface area contributed by atoms with Gasteiger partial charge in [-0.05, 0) is 38.1 Å². The van der Waals surface area contributed by atoms with Crippen LogP contribution in [0.25, 0.3) is 0 Å². The summed E-state index contributed by atoms with van der Waals surface area (Å²) in [5.41, 5.74) is 0. The Morgan fingerprint density at radius 3 is 3.00 bits per heavy atom. The number of nitrogens with one attached hydrogen (secondary N) is 2. The van der Waals surface area contributed by atoms with Crippen LogP contribution in [0.15, 0.2) is 0 Å². The van der Waals surface area contributed by atoms with E-state index in [0.717, 1.165) is 39.0 Å². The molecule has 2 fully saturated rings. The number of ether oxygens (including phenoxy) is 1. The fraction of sp³-hybridized carbons (Fsp3) is 0.929. The second-order valence-corrected chi connectivity index (χ2v) is 5.75. The van der Waals surface area contributed by atoms with Crippen LogP contribution in [-0.2, 0) is 9.53 Å². The summed E-state index contributed by atoms with van der Waals surface area (Å²) in [6.07, 6.45) is 4.60. The second-order valence-electron chi connectivity index (χ2n) is 5.75. The van der Waals surface area contributed by atoms with E-state index < -0.39 is 0 Å². The monoisotopic (exact) mass is 254 g/mol. The Morgan fingerprint density at radius 2 is 2.28 bits per heavy atom. The summed E-state index contributed by atoms with van der Waals surface area (Å²) >= 11 is 0. The van der Waals surface area contributed by atoms with Crippen molar-refractivity contribution < 1.29 is 9.53 Å². The van der Waals surface area contributed by atoms with Gasteiger partial charge in [0.25, 0.3) is 0 Å². The number of amides is 1. The molecule has 0 bridgehead atoms. The highest BCUT2D eigenvalue weighted by Crippen LogP contribution is 2.22. The molecule has 2 saturated heterocycles. The third kappa shape index (κ3) is 3.45. The molecule has 4 nitrogen and oxygen atoms in total. The zero-order valence-corrected chi connectivity index (χ0v) is 11.6. The van der Waals surface area contributed by atoms with Gasteiger partial charge in [0.05, 0.1) is 12.1 Å². The molecule has 0 spiro atoms. The standard InChI is InChI=1S/C14H26N2O2/c1-3-13-11(5-7-18-13)9-16-14(17)12-8-10(2)4-6-15-12/h10-13,15H,3-9H2,1-2H3,(H,16,17). The van der Waals surface area contributed by atoms with Crippen molar-refractivity contribution in [3.8, 4) is 0 Å². The fourth-order valence-corrected chi connectivity index (χ4v) is 3.04. The maximum Gasteiger partial charge on any atom is 0.237 e. The molecule has 4 atom stereocenters. The van der Waals surface area contributed by atoms with Gasteiger partial charge in [0.1, 0.15) is 0 Å². The van der Waals surface area contributed by atoms with Crippen LogP contribution < -0.4 is 10.6 Å². The lowest BCUT2D eigenvalue weighted by Gasteiger charge is -2.28. The van der Waals surface area contributed by atoms with Gasteiger partial charge < -0.3 is 15.4 Å². The molecule has 18 heavy (non-hydrogen) atoms. The Labute approximate surface area is 110 Å². The molecular formula is C14H26N2O2. The van der Waals surface area contributed by atoms with Crippen molar-refractivity contribution >= 4 is 5.91 Å². The number of rotatable bonds is 4. The summed E-state index contributed by atoms with van der Waals surface area (Å²) in [6.45, 7) is 6.94. The van der Waals surface area contributed by atoms with Crippen LogP contribution in [0, 0.1) is 11.8 Å². The van der Waals surface area contributed by atoms with Crippen LogP contribution in [0.1, 0.15) is 39.5 Å². The first kappa shape index (κ1) is 13.8. The molecule has 0 aromatic carbocycles. The molecule has 0 saturated carbocycles. The summed E-state index contributed by atoms with van der Waals surface area (Å²) in [6, 6.07) is 0.0103. The van der Waals surface area contributed by atoms with Crippen molar-refractivity contribution in [3.63, 3.8) is 0 Å². The maximum atomic E-state index is 12.1. The molecule has 0 aromatic heterocycles. The molecule has 4 unspecified atom stereocenters. The SMILES string of the molecule is CCC1OCCC1CNC(=O)C1CC(C)CCN1. The lowest BCUT2D eigenvalue weighted by molar-refractivity contribution is -0.124. The predicted molar refractivity (Wildman–Crippen MR) is 71.3 cm³/mol. The van der Waals surface area contributed by atoms with Crippen molar-refractivity contribution in [2.24, 2.45) is 11.8 Å². The number of hydrogen-bond acceptors (Lipinski definition) is 3. The van der Waals surface area contributed by atoms with Crippen LogP contribution in [0.2, 0.25) is 0 Å². The van der Waals surface area contributed by atoms with E-state index in [4.69, 9.17) is 4.74 Å². The van der Waals surface area contributed by atoms with E-state index in [1.54, 1.807) is 0 Å². The van der Waals surface area contributed by atoms with Gasteiger partial charge in [-0.2, -0.15) is 0 Å². The average molecular weight is 254 g/mol. The van der Waals surface area contributed by atoms with E-state index in [1.165, 1.54) is 6.42 Å². The van der Waals surface area contributed by atoms with E-state index in [2.05, 4.69) is 24.5 Å². The molecule has 4 heteroatoms. The van der Waals surface area contributed by atoms with E-state index >= 15 is 0 Å². The topological polar surface area (TPSA) is 50.4 Å². The molecule has 2 N–H and O–H groups in total. The third-order valence-corrected chi connectivity index (χ3v) is 4.27. The minimum atomic E-state index is 0.0103. The first-order valence-electron chi connectivity index (χ1n) is 7.33. The van der Waals surface area contributed by atoms with Gasteiger partial charge in [-0.3, -0.25) is 4.79 Å². The third-order valence-electron chi connectivity index (χ3n) is 4.27. The van der Waals surface area contributed by atoms with Gasteiger partial charge in [-0.25, -0.2) is 0 Å². The van der Waals surface area contributed by atoms with Crippen LogP contribution in [0.4, 0.5) is 0 Å². The zero-order chi connectivity index (χ0) is 13.0. The quantitative estimate of drug-likeness (QED) is 0.795. The lowest BCUT2D eigenvalue weighted by Crippen LogP contribution is -2.49. The minimum absolute atomic E-state index is 0.0103. The van der Waals surface area contributed by atoms with Gasteiger partial charge in [0.15, 0.2) is 0 Å². The summed E-state index contributed by atoms with van der Waals surface area (Å²) in [4.78, 5) is 12.1. The first-order valence-corrected chi connectivity index (χ1v) is 7.33. The minimum Gasteiger partial charge on any atom is -0.378 e. The Hall–Kier alpha value is -0.610. The van der Waals surface area contributed by atoms with E-state index in [-0.39, 0.29) is 11.9 Å². The van der Waals surface area contributed by atoms with Crippen LogP contribution >= 0.6 is 0 Å². The van der Waals surface area contributed by atoms with Gasteiger partial charge in [0, 0.05) is 19.1 Å². The Morgan fingerprint density at radius 1 is 1.44 bits per heavy atom. The molecule has 1 amide bonds. The molecule has 2 rings (SSSR count). The highest BCUT2D eigenvalue weighted by atomic mass is 16.5. The number of carbonyl (C=O) groups excluding carboxylic acids is 1. The molecule has 2 aliphatic rings. The Kier molecular flexibility index (Phi) is 5.01. The van der Waals surface area contributed by atoms with Crippen molar-refractivity contribution in [1.82, 2.24) is 10.6 Å². The van der Waals surface area contributed by atoms with Crippen molar-refractivity contribution in [3.05, 3.63) is 0 Å². The highest BCUT2D eigenvalue weighted by Gasteiger charge is 2.29. The Bertz CT molecular complexity index is 283. The summed E-state index contributed by atoms with van der Waals surface area (Å²) < 4.78 is 5.64. The van der Waals surface area contributed by atoms with E-state index in [0.29, 0.717) is 17.9 Å². The van der Waals surface area contributed by atoms with Gasteiger partial charge >= 0.3 is 0 Å². The van der Waals surface area contributed by atoms with Crippen LogP contribution in [-0.4, -0.2) is 37.7 Å². The van der Waals surface area contributed by atoms with E-state index in [9.17, 15) is 4.79 Å². The molecule has 0 radical (unpaired) electrons. The van der Waals surface area contributed by atoms with Gasteiger partial charge in [-0.15, -0.1) is 0 Å². The lowest BCUT2D eigenvalue weighted by atomic mass is 9.93. The average Bonchev–Trinajstić information content (AvgIpc) is 2.83. The number of hydrogen-bond donors (Lipinski definition) is 2. The molecule has 2 heterocycles. The van der Waals surface area contributed by atoms with Gasteiger partial charge in [0.2, 0.25) is 5.91 Å². The van der Waals surface area contributed by atoms with Crippen molar-refractivity contribution in [1.29, 1.82) is 0 Å². The molecular weight excluding hydrogens is 228 g/mol. The summed E-state index contributed by atoms with van der Waals surface area (Å²) in [5, 5.41) is 6.40. The van der Waals surface area contributed by atoms with Crippen LogP contribution in [0.3, 0.4) is 0 Å². The van der Waals surface area contributed by atoms with Crippen molar-refractivity contribution in [2.75, 3.05) is 19.7 Å². The maximum absolute atomic E-state index is 12.1. The Balaban J connectivity index is 1.74. The highest BCUT2D eigenvalue weighted by molar-refractivity contribution is 5.81. The van der Waals surface area contributed by atoms with E-state index in [1.807, 2.05) is 0 Å². The largest absolute Gasteiger partial charge is 0.378 e. The van der Waals surface area contributed by atoms with Gasteiger partial charge in [-0.1, -0.05) is 13.8 Å². The predicted octanol–water partition coefficient (Wildman–Crippen LogP) is 1.31. The number of carbonyl (C=O) groups is 1. The normalized spacial score (nSPS) is 36.6. The molecule has 0 aromatic rings. The van der Waals surface area contributed by atoms with Crippen molar-refractivity contribution in [2.45, 2.75) is 51.7 Å².